The highest BCUT2D eigenvalue weighted by molar-refractivity contribution is 5.94. The number of H-pyrrole nitrogens is 1. The molecule has 1 aromatic rings. The Kier molecular flexibility index (Phi) is 5.45. The van der Waals surface area contributed by atoms with Crippen LogP contribution in [0.25, 0.3) is 0 Å². The summed E-state index contributed by atoms with van der Waals surface area (Å²) in [6.07, 6.45) is 5.46. The van der Waals surface area contributed by atoms with Crippen LogP contribution in [0, 0.1) is 0 Å². The molecule has 0 bridgehead atoms. The molecule has 2 amide bonds. The molecule has 8 heteroatoms. The predicted octanol–water partition coefficient (Wildman–Crippen LogP) is 0.386. The van der Waals surface area contributed by atoms with E-state index < -0.39 is 0 Å². The SMILES string of the molecule is CCNC(=O)C1CC(NC(=O)c2n[nH]c3c2CCC3)CN1C1CCOCC1. The number of aromatic nitrogens is 2. The van der Waals surface area contributed by atoms with E-state index in [1.54, 1.807) is 0 Å². The summed E-state index contributed by atoms with van der Waals surface area (Å²) in [6.45, 7) is 4.72. The van der Waals surface area contributed by atoms with Crippen LogP contribution in [0.4, 0.5) is 0 Å². The second-order valence-corrected chi connectivity index (χ2v) is 7.74. The molecule has 1 aromatic heterocycles. The van der Waals surface area contributed by atoms with E-state index in [0.717, 1.165) is 56.6 Å². The fraction of sp³-hybridized carbons (Fsp3) is 0.737. The van der Waals surface area contributed by atoms with Gasteiger partial charge in [0.25, 0.3) is 5.91 Å². The molecule has 0 saturated carbocycles. The van der Waals surface area contributed by atoms with E-state index in [4.69, 9.17) is 4.74 Å². The van der Waals surface area contributed by atoms with Gasteiger partial charge in [-0.05, 0) is 45.4 Å². The van der Waals surface area contributed by atoms with Gasteiger partial charge in [0.1, 0.15) is 0 Å². The van der Waals surface area contributed by atoms with Gasteiger partial charge in [0.05, 0.1) is 6.04 Å². The van der Waals surface area contributed by atoms with Crippen molar-refractivity contribution in [2.45, 2.75) is 63.6 Å². The van der Waals surface area contributed by atoms with Gasteiger partial charge in [0.15, 0.2) is 5.69 Å². The first-order valence-electron chi connectivity index (χ1n) is 10.2. The molecule has 0 radical (unpaired) electrons. The summed E-state index contributed by atoms with van der Waals surface area (Å²) in [7, 11) is 0. The van der Waals surface area contributed by atoms with Crippen LogP contribution in [0.2, 0.25) is 0 Å². The quantitative estimate of drug-likeness (QED) is 0.691. The Balaban J connectivity index is 1.44. The summed E-state index contributed by atoms with van der Waals surface area (Å²) in [4.78, 5) is 27.6. The Labute approximate surface area is 159 Å². The number of likely N-dealkylation sites (N-methyl/N-ethyl adjacent to an activating group) is 1. The Bertz CT molecular complexity index is 698. The number of hydrogen-bond donors (Lipinski definition) is 3. The maximum atomic E-state index is 12.8. The van der Waals surface area contributed by atoms with Gasteiger partial charge in [-0.25, -0.2) is 0 Å². The summed E-state index contributed by atoms with van der Waals surface area (Å²) in [5, 5.41) is 13.3. The molecule has 8 nitrogen and oxygen atoms in total. The van der Waals surface area contributed by atoms with E-state index in [1.165, 1.54) is 0 Å². The largest absolute Gasteiger partial charge is 0.381 e. The van der Waals surface area contributed by atoms with Crippen molar-refractivity contribution in [2.75, 3.05) is 26.3 Å². The van der Waals surface area contributed by atoms with Crippen molar-refractivity contribution in [3.05, 3.63) is 17.0 Å². The van der Waals surface area contributed by atoms with Crippen LogP contribution in [0.1, 0.15) is 54.4 Å². The third-order valence-corrected chi connectivity index (χ3v) is 6.01. The van der Waals surface area contributed by atoms with Gasteiger partial charge in [-0.2, -0.15) is 5.10 Å². The Hall–Kier alpha value is -1.93. The van der Waals surface area contributed by atoms with Gasteiger partial charge < -0.3 is 15.4 Å². The van der Waals surface area contributed by atoms with Crippen LogP contribution < -0.4 is 10.6 Å². The number of amides is 2. The number of likely N-dealkylation sites (tertiary alicyclic amines) is 1. The van der Waals surface area contributed by atoms with Crippen LogP contribution in [-0.4, -0.2) is 71.3 Å². The Morgan fingerprint density at radius 1 is 1.30 bits per heavy atom. The number of rotatable bonds is 5. The lowest BCUT2D eigenvalue weighted by Gasteiger charge is -2.34. The summed E-state index contributed by atoms with van der Waals surface area (Å²) < 4.78 is 5.48. The van der Waals surface area contributed by atoms with Crippen LogP contribution in [0.15, 0.2) is 0 Å². The first kappa shape index (κ1) is 18.4. The molecule has 2 unspecified atom stereocenters. The molecule has 2 fully saturated rings. The highest BCUT2D eigenvalue weighted by Crippen LogP contribution is 2.27. The monoisotopic (exact) mass is 375 g/mol. The molecule has 148 valence electrons. The molecule has 2 atom stereocenters. The van der Waals surface area contributed by atoms with Crippen molar-refractivity contribution >= 4 is 11.8 Å². The zero-order valence-corrected chi connectivity index (χ0v) is 15.9. The molecule has 4 rings (SSSR count). The maximum Gasteiger partial charge on any atom is 0.272 e. The minimum Gasteiger partial charge on any atom is -0.381 e. The van der Waals surface area contributed by atoms with E-state index in [2.05, 4.69) is 25.7 Å². The third kappa shape index (κ3) is 3.73. The lowest BCUT2D eigenvalue weighted by molar-refractivity contribution is -0.126. The van der Waals surface area contributed by atoms with Crippen molar-refractivity contribution < 1.29 is 14.3 Å². The number of carbonyl (C=O) groups is 2. The van der Waals surface area contributed by atoms with E-state index in [9.17, 15) is 9.59 Å². The van der Waals surface area contributed by atoms with Crippen molar-refractivity contribution in [3.8, 4) is 0 Å². The fourth-order valence-electron chi connectivity index (χ4n) is 4.70. The first-order valence-corrected chi connectivity index (χ1v) is 10.2. The summed E-state index contributed by atoms with van der Waals surface area (Å²) in [6, 6.07) is 0.104. The van der Waals surface area contributed by atoms with Gasteiger partial charge >= 0.3 is 0 Å². The number of nitrogens with one attached hydrogen (secondary N) is 3. The van der Waals surface area contributed by atoms with Crippen LogP contribution >= 0.6 is 0 Å². The molecule has 2 aliphatic heterocycles. The lowest BCUT2D eigenvalue weighted by atomic mass is 10.1. The van der Waals surface area contributed by atoms with Gasteiger partial charge in [-0.3, -0.25) is 19.6 Å². The number of nitrogens with zero attached hydrogens (tertiary/aromatic N) is 2. The van der Waals surface area contributed by atoms with Crippen molar-refractivity contribution in [1.29, 1.82) is 0 Å². The number of fused-ring (bicyclic) bond motifs is 1. The molecule has 1 aliphatic carbocycles. The molecule has 0 spiro atoms. The molecule has 27 heavy (non-hydrogen) atoms. The van der Waals surface area contributed by atoms with E-state index in [-0.39, 0.29) is 23.9 Å². The Morgan fingerprint density at radius 3 is 2.89 bits per heavy atom. The summed E-state index contributed by atoms with van der Waals surface area (Å²) >= 11 is 0. The number of hydrogen-bond acceptors (Lipinski definition) is 5. The van der Waals surface area contributed by atoms with E-state index in [0.29, 0.717) is 31.2 Å². The average Bonchev–Trinajstić information content (AvgIpc) is 3.38. The second kappa shape index (κ2) is 7.98. The highest BCUT2D eigenvalue weighted by atomic mass is 16.5. The normalized spacial score (nSPS) is 26.1. The van der Waals surface area contributed by atoms with Gasteiger partial charge in [-0.1, -0.05) is 0 Å². The van der Waals surface area contributed by atoms with Crippen molar-refractivity contribution in [2.24, 2.45) is 0 Å². The number of ether oxygens (including phenoxy) is 1. The number of aromatic amines is 1. The van der Waals surface area contributed by atoms with Crippen molar-refractivity contribution in [1.82, 2.24) is 25.7 Å². The topological polar surface area (TPSA) is 99.3 Å². The zero-order chi connectivity index (χ0) is 18.8. The van der Waals surface area contributed by atoms with Crippen LogP contribution in [0.5, 0.6) is 0 Å². The zero-order valence-electron chi connectivity index (χ0n) is 15.9. The first-order chi connectivity index (χ1) is 13.2. The lowest BCUT2D eigenvalue weighted by Crippen LogP contribution is -2.49. The highest BCUT2D eigenvalue weighted by Gasteiger charge is 2.41. The molecule has 3 N–H and O–H groups in total. The second-order valence-electron chi connectivity index (χ2n) is 7.74. The molecule has 3 heterocycles. The molecular weight excluding hydrogens is 346 g/mol. The van der Waals surface area contributed by atoms with Crippen molar-refractivity contribution in [3.63, 3.8) is 0 Å². The molecule has 3 aliphatic rings. The van der Waals surface area contributed by atoms with E-state index in [1.807, 2.05) is 6.92 Å². The smallest absolute Gasteiger partial charge is 0.272 e. The number of carbonyl (C=O) groups excluding carboxylic acids is 2. The fourth-order valence-corrected chi connectivity index (χ4v) is 4.70. The van der Waals surface area contributed by atoms with Crippen LogP contribution in [-0.2, 0) is 22.4 Å². The third-order valence-electron chi connectivity index (χ3n) is 6.01. The summed E-state index contributed by atoms with van der Waals surface area (Å²) in [5.74, 6) is -0.0655. The maximum absolute atomic E-state index is 12.8. The number of aryl methyl sites for hydroxylation is 1. The van der Waals surface area contributed by atoms with Crippen LogP contribution in [0.3, 0.4) is 0 Å². The van der Waals surface area contributed by atoms with Gasteiger partial charge in [0, 0.05) is 49.6 Å². The van der Waals surface area contributed by atoms with E-state index >= 15 is 0 Å². The van der Waals surface area contributed by atoms with Gasteiger partial charge in [0.2, 0.25) is 5.91 Å². The minimum absolute atomic E-state index is 0.0401. The average molecular weight is 375 g/mol. The summed E-state index contributed by atoms with van der Waals surface area (Å²) in [5.41, 5.74) is 2.68. The molecular formula is C19H29N5O3. The standard InChI is InChI=1S/C19H29N5O3/c1-2-20-18(25)16-10-12(11-24(16)13-6-8-27-9-7-13)21-19(26)17-14-4-3-5-15(14)22-23-17/h12-13,16H,2-11H2,1H3,(H,20,25)(H,21,26)(H,22,23). The predicted molar refractivity (Wildman–Crippen MR) is 99.5 cm³/mol. The molecule has 0 aromatic carbocycles. The molecule has 2 saturated heterocycles. The minimum atomic E-state index is -0.191. The van der Waals surface area contributed by atoms with Gasteiger partial charge in [-0.15, -0.1) is 0 Å². The Morgan fingerprint density at radius 2 is 2.11 bits per heavy atom.